The first-order valence-electron chi connectivity index (χ1n) is 6.66. The van der Waals surface area contributed by atoms with Crippen LogP contribution >= 0.6 is 11.6 Å². The summed E-state index contributed by atoms with van der Waals surface area (Å²) in [6.45, 7) is 4.05. The maximum absolute atomic E-state index is 12.3. The number of rotatable bonds is 5. The van der Waals surface area contributed by atoms with Crippen LogP contribution in [0, 0.1) is 5.92 Å². The van der Waals surface area contributed by atoms with Gasteiger partial charge in [-0.2, -0.15) is 0 Å². The van der Waals surface area contributed by atoms with E-state index in [1.807, 2.05) is 0 Å². The number of ether oxygens (including phenoxy) is 2. The topological polar surface area (TPSA) is 52.6 Å². The van der Waals surface area contributed by atoms with Gasteiger partial charge in [-0.05, 0) is 38.0 Å². The van der Waals surface area contributed by atoms with Gasteiger partial charge >= 0.3 is 11.9 Å². The fraction of sp³-hybridized carbons (Fsp3) is 0.467. The van der Waals surface area contributed by atoms with E-state index in [4.69, 9.17) is 21.1 Å². The minimum atomic E-state index is -0.937. The summed E-state index contributed by atoms with van der Waals surface area (Å²) in [7, 11) is 0. The Morgan fingerprint density at radius 1 is 1.30 bits per heavy atom. The van der Waals surface area contributed by atoms with E-state index in [2.05, 4.69) is 0 Å². The zero-order valence-electron chi connectivity index (χ0n) is 11.5. The molecule has 0 saturated heterocycles. The summed E-state index contributed by atoms with van der Waals surface area (Å²) in [5.74, 6) is -1.24. The van der Waals surface area contributed by atoms with Gasteiger partial charge < -0.3 is 9.47 Å². The van der Waals surface area contributed by atoms with Gasteiger partial charge in [0.15, 0.2) is 0 Å². The van der Waals surface area contributed by atoms with E-state index >= 15 is 0 Å². The van der Waals surface area contributed by atoms with E-state index < -0.39 is 11.3 Å². The molecule has 1 aromatic carbocycles. The molecule has 1 fully saturated rings. The lowest BCUT2D eigenvalue weighted by Gasteiger charge is -2.16. The Balaban J connectivity index is 2.33. The summed E-state index contributed by atoms with van der Waals surface area (Å²) in [5, 5.41) is 0.528. The third-order valence-corrected chi connectivity index (χ3v) is 3.75. The maximum Gasteiger partial charge on any atom is 0.317 e. The number of hydrogen-bond acceptors (Lipinski definition) is 4. The van der Waals surface area contributed by atoms with Gasteiger partial charge in [0.2, 0.25) is 0 Å². The molecule has 1 aliphatic carbocycles. The smallest absolute Gasteiger partial charge is 0.317 e. The van der Waals surface area contributed by atoms with Gasteiger partial charge in [-0.3, -0.25) is 9.59 Å². The molecule has 0 heterocycles. The van der Waals surface area contributed by atoms with Gasteiger partial charge in [0.25, 0.3) is 0 Å². The van der Waals surface area contributed by atoms with Gasteiger partial charge in [-0.1, -0.05) is 23.7 Å². The molecule has 0 N–H and O–H groups in total. The molecule has 1 saturated carbocycles. The quantitative estimate of drug-likeness (QED) is 0.784. The van der Waals surface area contributed by atoms with Gasteiger partial charge in [-0.25, -0.2) is 0 Å². The van der Waals surface area contributed by atoms with Crippen molar-refractivity contribution in [1.82, 2.24) is 0 Å². The number of carbonyl (C=O) groups is 2. The number of halogens is 1. The molecule has 0 unspecified atom stereocenters. The van der Waals surface area contributed by atoms with Gasteiger partial charge in [0.05, 0.1) is 19.1 Å². The van der Waals surface area contributed by atoms with Crippen molar-refractivity contribution in [2.45, 2.75) is 25.7 Å². The molecule has 108 valence electrons. The molecule has 2 atom stereocenters. The molecule has 2 rings (SSSR count). The van der Waals surface area contributed by atoms with Crippen molar-refractivity contribution >= 4 is 23.5 Å². The first-order valence-corrected chi connectivity index (χ1v) is 7.04. The highest BCUT2D eigenvalue weighted by Crippen LogP contribution is 2.56. The molecule has 20 heavy (non-hydrogen) atoms. The van der Waals surface area contributed by atoms with Crippen molar-refractivity contribution in [3.8, 4) is 0 Å². The zero-order valence-corrected chi connectivity index (χ0v) is 12.3. The Labute approximate surface area is 123 Å². The Morgan fingerprint density at radius 3 is 2.60 bits per heavy atom. The van der Waals surface area contributed by atoms with E-state index in [1.165, 1.54) is 0 Å². The van der Waals surface area contributed by atoms with E-state index in [9.17, 15) is 9.59 Å². The molecule has 1 aromatic rings. The summed E-state index contributed by atoms with van der Waals surface area (Å²) in [5.41, 5.74) is -0.228. The molecule has 0 aliphatic heterocycles. The molecule has 0 amide bonds. The second kappa shape index (κ2) is 5.83. The molecule has 1 aliphatic rings. The van der Waals surface area contributed by atoms with Gasteiger partial charge in [0.1, 0.15) is 5.41 Å². The number of carbonyl (C=O) groups excluding carboxylic acids is 2. The Morgan fingerprint density at radius 2 is 2.00 bits per heavy atom. The third-order valence-electron chi connectivity index (χ3n) is 3.51. The largest absolute Gasteiger partial charge is 0.466 e. The van der Waals surface area contributed by atoms with Crippen molar-refractivity contribution in [1.29, 1.82) is 0 Å². The highest BCUT2D eigenvalue weighted by atomic mass is 35.5. The number of benzene rings is 1. The Bertz CT molecular complexity index is 528. The van der Waals surface area contributed by atoms with Crippen molar-refractivity contribution in [3.05, 3.63) is 34.9 Å². The van der Waals surface area contributed by atoms with E-state index in [-0.39, 0.29) is 18.5 Å². The van der Waals surface area contributed by atoms with Crippen LogP contribution in [0.25, 0.3) is 0 Å². The van der Waals surface area contributed by atoms with Crippen LogP contribution in [0.1, 0.15) is 25.8 Å². The average Bonchev–Trinajstić information content (AvgIpc) is 3.16. The molecule has 5 heteroatoms. The maximum atomic E-state index is 12.3. The first-order chi connectivity index (χ1) is 9.56. The molecule has 0 bridgehead atoms. The molecular formula is C15H17ClO4. The minimum Gasteiger partial charge on any atom is -0.466 e. The SMILES string of the molecule is CCOC(=O)[C@@H]1C[C@@]1(C(=O)OCC)c1cccc(Cl)c1. The van der Waals surface area contributed by atoms with Crippen molar-refractivity contribution in [2.24, 2.45) is 5.92 Å². The molecule has 0 radical (unpaired) electrons. The van der Waals surface area contributed by atoms with E-state index in [0.717, 1.165) is 0 Å². The van der Waals surface area contributed by atoms with Crippen LogP contribution in [0.5, 0.6) is 0 Å². The lowest BCUT2D eigenvalue weighted by molar-refractivity contribution is -0.152. The van der Waals surface area contributed by atoms with Crippen LogP contribution in [0.15, 0.2) is 24.3 Å². The number of hydrogen-bond donors (Lipinski definition) is 0. The van der Waals surface area contributed by atoms with Crippen LogP contribution in [-0.2, 0) is 24.5 Å². The average molecular weight is 297 g/mol. The molecule has 0 spiro atoms. The second-order valence-electron chi connectivity index (χ2n) is 4.71. The van der Waals surface area contributed by atoms with E-state index in [1.54, 1.807) is 38.1 Å². The first kappa shape index (κ1) is 14.9. The molecular weight excluding hydrogens is 280 g/mol. The predicted octanol–water partition coefficient (Wildman–Crippen LogP) is 2.72. The monoisotopic (exact) mass is 296 g/mol. The summed E-state index contributed by atoms with van der Waals surface area (Å²) in [6, 6.07) is 6.99. The third kappa shape index (κ3) is 2.52. The minimum absolute atomic E-state index is 0.274. The van der Waals surface area contributed by atoms with E-state index in [0.29, 0.717) is 23.6 Å². The van der Waals surface area contributed by atoms with Crippen molar-refractivity contribution < 1.29 is 19.1 Å². The predicted molar refractivity (Wildman–Crippen MR) is 74.5 cm³/mol. The summed E-state index contributed by atoms with van der Waals surface area (Å²) >= 11 is 5.98. The number of esters is 2. The lowest BCUT2D eigenvalue weighted by Crippen LogP contribution is -2.28. The Kier molecular flexibility index (Phi) is 4.33. The van der Waals surface area contributed by atoms with Crippen molar-refractivity contribution in [3.63, 3.8) is 0 Å². The van der Waals surface area contributed by atoms with Crippen LogP contribution in [0.4, 0.5) is 0 Å². The second-order valence-corrected chi connectivity index (χ2v) is 5.15. The zero-order chi connectivity index (χ0) is 14.8. The van der Waals surface area contributed by atoms with Crippen LogP contribution < -0.4 is 0 Å². The highest BCUT2D eigenvalue weighted by Gasteiger charge is 2.66. The molecule has 4 nitrogen and oxygen atoms in total. The highest BCUT2D eigenvalue weighted by molar-refractivity contribution is 6.30. The van der Waals surface area contributed by atoms with Gasteiger partial charge in [0, 0.05) is 5.02 Å². The van der Waals surface area contributed by atoms with Crippen LogP contribution in [0.2, 0.25) is 5.02 Å². The fourth-order valence-electron chi connectivity index (χ4n) is 2.48. The molecule has 0 aromatic heterocycles. The van der Waals surface area contributed by atoms with Gasteiger partial charge in [-0.15, -0.1) is 0 Å². The standard InChI is InChI=1S/C15H17ClO4/c1-3-19-13(17)12-9-15(12,14(18)20-4-2)10-6-5-7-11(16)8-10/h5-8,12H,3-4,9H2,1-2H3/t12-,15+/m0/s1. The van der Waals surface area contributed by atoms with Crippen LogP contribution in [0.3, 0.4) is 0 Å². The normalized spacial score (nSPS) is 24.1. The summed E-state index contributed by atoms with van der Waals surface area (Å²) in [4.78, 5) is 24.2. The lowest BCUT2D eigenvalue weighted by atomic mass is 9.93. The Hall–Kier alpha value is -1.55. The summed E-state index contributed by atoms with van der Waals surface area (Å²) < 4.78 is 10.2. The summed E-state index contributed by atoms with van der Waals surface area (Å²) in [6.07, 6.45) is 0.408. The fourth-order valence-corrected chi connectivity index (χ4v) is 2.67. The van der Waals surface area contributed by atoms with Crippen LogP contribution in [-0.4, -0.2) is 25.2 Å². The van der Waals surface area contributed by atoms with Crippen molar-refractivity contribution in [2.75, 3.05) is 13.2 Å².